The van der Waals surface area contributed by atoms with Gasteiger partial charge in [-0.05, 0) is 62.8 Å². The van der Waals surface area contributed by atoms with Crippen LogP contribution in [-0.2, 0) is 9.59 Å². The van der Waals surface area contributed by atoms with Crippen molar-refractivity contribution in [1.82, 2.24) is 0 Å². The highest BCUT2D eigenvalue weighted by atomic mass is 16.5. The highest BCUT2D eigenvalue weighted by molar-refractivity contribution is 6.21. The van der Waals surface area contributed by atoms with Gasteiger partial charge in [-0.1, -0.05) is 6.92 Å². The van der Waals surface area contributed by atoms with Gasteiger partial charge < -0.3 is 10.1 Å². The zero-order valence-corrected chi connectivity index (χ0v) is 14.5. The van der Waals surface area contributed by atoms with E-state index in [9.17, 15) is 9.59 Å². The van der Waals surface area contributed by atoms with Crippen LogP contribution in [0.3, 0.4) is 0 Å². The van der Waals surface area contributed by atoms with Crippen LogP contribution in [0, 0.1) is 5.92 Å². The van der Waals surface area contributed by atoms with Crippen molar-refractivity contribution in [3.05, 3.63) is 24.3 Å². The molecular weight excluding hydrogens is 304 g/mol. The van der Waals surface area contributed by atoms with Gasteiger partial charge in [-0.25, -0.2) is 4.90 Å². The summed E-state index contributed by atoms with van der Waals surface area (Å²) in [6.45, 7) is 4.81. The Labute approximate surface area is 143 Å². The number of carbonyl (C=O) groups is 2. The van der Waals surface area contributed by atoms with Crippen molar-refractivity contribution in [3.8, 4) is 5.75 Å². The van der Waals surface area contributed by atoms with Crippen LogP contribution in [0.2, 0.25) is 0 Å². The molecule has 0 radical (unpaired) electrons. The maximum atomic E-state index is 12.7. The number of quaternary nitrogens is 1. The van der Waals surface area contributed by atoms with E-state index in [0.29, 0.717) is 24.8 Å². The smallest absolute Gasteiger partial charge is 0.292 e. The average Bonchev–Trinajstić information content (AvgIpc) is 2.85. The molecule has 0 aromatic heterocycles. The van der Waals surface area contributed by atoms with Gasteiger partial charge >= 0.3 is 0 Å². The van der Waals surface area contributed by atoms with Crippen LogP contribution in [-0.4, -0.2) is 30.5 Å². The Balaban J connectivity index is 1.65. The second kappa shape index (κ2) is 7.34. The van der Waals surface area contributed by atoms with E-state index in [0.717, 1.165) is 24.5 Å². The van der Waals surface area contributed by atoms with Crippen LogP contribution >= 0.6 is 0 Å². The molecule has 0 spiro atoms. The predicted molar refractivity (Wildman–Crippen MR) is 91.9 cm³/mol. The van der Waals surface area contributed by atoms with E-state index in [1.807, 2.05) is 6.92 Å². The lowest BCUT2D eigenvalue weighted by Gasteiger charge is -2.26. The summed E-state index contributed by atoms with van der Waals surface area (Å²) in [7, 11) is 0. The number of nitrogens with zero attached hydrogens (tertiary/aromatic N) is 1. The first-order valence-corrected chi connectivity index (χ1v) is 9.03. The predicted octanol–water partition coefficient (Wildman–Crippen LogP) is 1.86. The molecule has 2 fully saturated rings. The molecule has 1 saturated heterocycles. The highest BCUT2D eigenvalue weighted by Crippen LogP contribution is 2.25. The second-order valence-corrected chi connectivity index (χ2v) is 7.02. The zero-order chi connectivity index (χ0) is 17.1. The Morgan fingerprint density at radius 2 is 1.79 bits per heavy atom. The quantitative estimate of drug-likeness (QED) is 0.838. The van der Waals surface area contributed by atoms with Gasteiger partial charge in [0.2, 0.25) is 5.91 Å². The number of anilines is 1. The van der Waals surface area contributed by atoms with Crippen LogP contribution in [0.25, 0.3) is 0 Å². The third-order valence-electron chi connectivity index (χ3n) is 5.15. The fraction of sp³-hybridized carbons (Fsp3) is 0.579. The fourth-order valence-electron chi connectivity index (χ4n) is 3.74. The minimum atomic E-state index is -0.262. The number of nitrogens with two attached hydrogens (primary N) is 1. The fourth-order valence-corrected chi connectivity index (χ4v) is 3.74. The first kappa shape index (κ1) is 17.0. The van der Waals surface area contributed by atoms with Crippen molar-refractivity contribution >= 4 is 17.5 Å². The first-order valence-electron chi connectivity index (χ1n) is 9.03. The van der Waals surface area contributed by atoms with Crippen molar-refractivity contribution in [2.24, 2.45) is 5.92 Å². The van der Waals surface area contributed by atoms with E-state index in [1.54, 1.807) is 24.3 Å². The normalized spacial score (nSPS) is 27.6. The molecule has 2 N–H and O–H groups in total. The van der Waals surface area contributed by atoms with E-state index < -0.39 is 0 Å². The maximum absolute atomic E-state index is 12.7. The number of hydrogen-bond donors (Lipinski definition) is 1. The van der Waals surface area contributed by atoms with Crippen LogP contribution < -0.4 is 15.0 Å². The Bertz CT molecular complexity index is 591. The molecule has 2 amide bonds. The molecule has 5 heteroatoms. The number of rotatable bonds is 5. The molecule has 5 nitrogen and oxygen atoms in total. The van der Waals surface area contributed by atoms with Crippen molar-refractivity contribution in [2.45, 2.75) is 58.0 Å². The third kappa shape index (κ3) is 3.61. The minimum Gasteiger partial charge on any atom is -0.494 e. The standard InChI is InChI=1S/C19H26N2O3/c1-3-24-16-10-8-15(9-11-16)21-18(22)12-17(19(21)23)20-14-6-4-13(2)5-7-14/h8-11,13-14,17,20H,3-7,12H2,1-2H3/p+1/t13?,14?,17-/m0/s1. The van der Waals surface area contributed by atoms with Gasteiger partial charge in [-0.2, -0.15) is 0 Å². The highest BCUT2D eigenvalue weighted by Gasteiger charge is 2.43. The van der Waals surface area contributed by atoms with Gasteiger partial charge in [0.15, 0.2) is 6.04 Å². The molecule has 1 heterocycles. The molecule has 1 aromatic carbocycles. The molecule has 2 aliphatic rings. The molecule has 3 rings (SSSR count). The van der Waals surface area contributed by atoms with Crippen LogP contribution in [0.5, 0.6) is 5.75 Å². The average molecular weight is 331 g/mol. The van der Waals surface area contributed by atoms with Crippen molar-refractivity contribution in [3.63, 3.8) is 0 Å². The lowest BCUT2D eigenvalue weighted by molar-refractivity contribution is -0.710. The van der Waals surface area contributed by atoms with Crippen LogP contribution in [0.4, 0.5) is 5.69 Å². The number of amides is 2. The third-order valence-corrected chi connectivity index (χ3v) is 5.15. The van der Waals surface area contributed by atoms with Gasteiger partial charge in [-0.3, -0.25) is 9.59 Å². The van der Waals surface area contributed by atoms with Gasteiger partial charge in [-0.15, -0.1) is 0 Å². The zero-order valence-electron chi connectivity index (χ0n) is 14.5. The number of ether oxygens (including phenoxy) is 1. The summed E-state index contributed by atoms with van der Waals surface area (Å²) in [5.41, 5.74) is 0.640. The largest absolute Gasteiger partial charge is 0.494 e. The maximum Gasteiger partial charge on any atom is 0.292 e. The monoisotopic (exact) mass is 331 g/mol. The molecule has 130 valence electrons. The SMILES string of the molecule is CCOc1ccc(N2C(=O)C[C@H]([NH2+]C3CCC(C)CC3)C2=O)cc1. The number of imide groups is 1. The van der Waals surface area contributed by atoms with Gasteiger partial charge in [0, 0.05) is 0 Å². The lowest BCUT2D eigenvalue weighted by atomic mass is 9.87. The summed E-state index contributed by atoms with van der Waals surface area (Å²) >= 11 is 0. The summed E-state index contributed by atoms with van der Waals surface area (Å²) in [6.07, 6.45) is 5.03. The summed E-state index contributed by atoms with van der Waals surface area (Å²) in [6, 6.07) is 7.39. The van der Waals surface area contributed by atoms with E-state index in [4.69, 9.17) is 4.74 Å². The topological polar surface area (TPSA) is 63.2 Å². The summed E-state index contributed by atoms with van der Waals surface area (Å²) in [5, 5.41) is 2.14. The number of benzene rings is 1. The summed E-state index contributed by atoms with van der Waals surface area (Å²) in [5.74, 6) is 1.35. The number of hydrogen-bond acceptors (Lipinski definition) is 3. The number of carbonyl (C=O) groups excluding carboxylic acids is 2. The van der Waals surface area contributed by atoms with E-state index in [2.05, 4.69) is 12.2 Å². The molecule has 1 aliphatic carbocycles. The Morgan fingerprint density at radius 3 is 2.42 bits per heavy atom. The van der Waals surface area contributed by atoms with Gasteiger partial charge in [0.05, 0.1) is 24.8 Å². The van der Waals surface area contributed by atoms with Crippen LogP contribution in [0.1, 0.15) is 46.0 Å². The molecule has 1 saturated carbocycles. The Hall–Kier alpha value is -1.88. The molecule has 1 aromatic rings. The summed E-state index contributed by atoms with van der Waals surface area (Å²) in [4.78, 5) is 26.4. The summed E-state index contributed by atoms with van der Waals surface area (Å²) < 4.78 is 5.41. The molecular formula is C19H27N2O3+. The van der Waals surface area contributed by atoms with Crippen LogP contribution in [0.15, 0.2) is 24.3 Å². The van der Waals surface area contributed by atoms with Crippen molar-refractivity contribution in [1.29, 1.82) is 0 Å². The molecule has 1 aliphatic heterocycles. The van der Waals surface area contributed by atoms with Crippen molar-refractivity contribution < 1.29 is 19.6 Å². The second-order valence-electron chi connectivity index (χ2n) is 7.02. The minimum absolute atomic E-state index is 0.0808. The molecule has 1 atom stereocenters. The van der Waals surface area contributed by atoms with E-state index in [-0.39, 0.29) is 17.9 Å². The van der Waals surface area contributed by atoms with Gasteiger partial charge in [0.25, 0.3) is 5.91 Å². The van der Waals surface area contributed by atoms with Crippen molar-refractivity contribution in [2.75, 3.05) is 11.5 Å². The Kier molecular flexibility index (Phi) is 5.19. The van der Waals surface area contributed by atoms with E-state index in [1.165, 1.54) is 17.7 Å². The van der Waals surface area contributed by atoms with Gasteiger partial charge in [0.1, 0.15) is 5.75 Å². The first-order chi connectivity index (χ1) is 11.6. The Morgan fingerprint density at radius 1 is 1.12 bits per heavy atom. The van der Waals surface area contributed by atoms with E-state index >= 15 is 0 Å². The lowest BCUT2D eigenvalue weighted by Crippen LogP contribution is -2.96. The molecule has 0 bridgehead atoms. The molecule has 0 unspecified atom stereocenters. The molecule has 24 heavy (non-hydrogen) atoms.